The van der Waals surface area contributed by atoms with Crippen molar-refractivity contribution in [2.24, 2.45) is 23.7 Å². The van der Waals surface area contributed by atoms with Gasteiger partial charge in [-0.1, -0.05) is 11.1 Å². The van der Waals surface area contributed by atoms with Gasteiger partial charge in [-0.05, 0) is 49.4 Å². The SMILES string of the molecule is C1CC2CC3C4=C(C1C4)[C@@H]23. The van der Waals surface area contributed by atoms with Crippen molar-refractivity contribution in [3.05, 3.63) is 11.1 Å². The van der Waals surface area contributed by atoms with E-state index in [-0.39, 0.29) is 0 Å². The van der Waals surface area contributed by atoms with Crippen LogP contribution in [0.3, 0.4) is 0 Å². The predicted octanol–water partition coefficient (Wildman–Crippen LogP) is 2.36. The zero-order valence-corrected chi connectivity index (χ0v) is 6.14. The molecule has 4 aliphatic carbocycles. The standard InChI is InChI=1S/C10H12/c1-2-6-4-8-7-3-5(1)9(7)10(6)8/h5-7,9H,1-4H2/t5?,6?,7?,9-/m0/s1. The molecule has 4 rings (SSSR count). The maximum absolute atomic E-state index is 1.97. The molecule has 0 nitrogen and oxygen atoms in total. The largest absolute Gasteiger partial charge is 0.0661 e. The molecule has 0 aromatic carbocycles. The summed E-state index contributed by atoms with van der Waals surface area (Å²) < 4.78 is 0. The molecule has 2 fully saturated rings. The van der Waals surface area contributed by atoms with Crippen LogP contribution in [0.1, 0.15) is 25.7 Å². The molecule has 0 aliphatic heterocycles. The maximum Gasteiger partial charge on any atom is -0.0103 e. The van der Waals surface area contributed by atoms with Gasteiger partial charge in [0, 0.05) is 0 Å². The lowest BCUT2D eigenvalue weighted by Gasteiger charge is -2.67. The van der Waals surface area contributed by atoms with E-state index in [2.05, 4.69) is 0 Å². The summed E-state index contributed by atoms with van der Waals surface area (Å²) in [5.41, 5.74) is 3.89. The molecular formula is C10H12. The van der Waals surface area contributed by atoms with E-state index in [0.29, 0.717) is 0 Å². The van der Waals surface area contributed by atoms with Crippen LogP contribution in [-0.4, -0.2) is 0 Å². The normalized spacial score (nSPS) is 60.0. The summed E-state index contributed by atoms with van der Waals surface area (Å²) >= 11 is 0. The van der Waals surface area contributed by atoms with E-state index in [1.165, 1.54) is 12.3 Å². The second-order valence-electron chi connectivity index (χ2n) is 4.59. The van der Waals surface area contributed by atoms with Gasteiger partial charge in [0.1, 0.15) is 0 Å². The van der Waals surface area contributed by atoms with Gasteiger partial charge in [-0.3, -0.25) is 0 Å². The highest BCUT2D eigenvalue weighted by atomic mass is 14.7. The second kappa shape index (κ2) is 1.11. The van der Waals surface area contributed by atoms with Crippen molar-refractivity contribution in [1.82, 2.24) is 0 Å². The van der Waals surface area contributed by atoms with Gasteiger partial charge in [0.2, 0.25) is 0 Å². The molecule has 10 heavy (non-hydrogen) atoms. The molecule has 0 amide bonds. The van der Waals surface area contributed by atoms with E-state index in [9.17, 15) is 0 Å². The van der Waals surface area contributed by atoms with Gasteiger partial charge in [-0.25, -0.2) is 0 Å². The van der Waals surface area contributed by atoms with Crippen LogP contribution < -0.4 is 0 Å². The Morgan fingerprint density at radius 1 is 1.20 bits per heavy atom. The Balaban J connectivity index is 1.93. The van der Waals surface area contributed by atoms with E-state index in [4.69, 9.17) is 0 Å². The fourth-order valence-corrected chi connectivity index (χ4v) is 3.93. The summed E-state index contributed by atoms with van der Waals surface area (Å²) in [7, 11) is 0. The Morgan fingerprint density at radius 2 is 2.20 bits per heavy atom. The molecule has 0 spiro atoms. The summed E-state index contributed by atoms with van der Waals surface area (Å²) in [6, 6.07) is 0. The molecule has 0 saturated heterocycles. The average Bonchev–Trinajstić information content (AvgIpc) is 1.76. The molecule has 0 heteroatoms. The van der Waals surface area contributed by atoms with Gasteiger partial charge in [0.15, 0.2) is 0 Å². The van der Waals surface area contributed by atoms with Crippen LogP contribution in [0, 0.1) is 23.7 Å². The third kappa shape index (κ3) is 0.260. The summed E-state index contributed by atoms with van der Waals surface area (Å²) in [6.45, 7) is 0. The number of hydrogen-bond acceptors (Lipinski definition) is 0. The van der Waals surface area contributed by atoms with Gasteiger partial charge >= 0.3 is 0 Å². The Kier molecular flexibility index (Phi) is 0.508. The second-order valence-corrected chi connectivity index (χ2v) is 4.59. The molecule has 0 heterocycles. The fourth-order valence-electron chi connectivity index (χ4n) is 3.93. The number of fused-ring (bicyclic) bond motifs is 1. The Morgan fingerprint density at radius 3 is 3.10 bits per heavy atom. The first-order valence-corrected chi connectivity index (χ1v) is 4.68. The zero-order valence-electron chi connectivity index (χ0n) is 6.14. The lowest BCUT2D eigenvalue weighted by molar-refractivity contribution is 0.00132. The fraction of sp³-hybridized carbons (Fsp3) is 0.800. The van der Waals surface area contributed by atoms with Crippen LogP contribution in [0.2, 0.25) is 0 Å². The van der Waals surface area contributed by atoms with E-state index in [0.717, 1.165) is 17.8 Å². The molecule has 0 aromatic heterocycles. The molecule has 0 radical (unpaired) electrons. The van der Waals surface area contributed by atoms with Gasteiger partial charge in [-0.2, -0.15) is 0 Å². The van der Waals surface area contributed by atoms with Gasteiger partial charge in [-0.15, -0.1) is 0 Å². The van der Waals surface area contributed by atoms with Crippen molar-refractivity contribution in [1.29, 1.82) is 0 Å². The Bertz CT molecular complexity index is 249. The van der Waals surface area contributed by atoms with Crippen molar-refractivity contribution >= 4 is 0 Å². The van der Waals surface area contributed by atoms with Crippen molar-refractivity contribution in [3.8, 4) is 0 Å². The Labute approximate surface area is 61.3 Å². The molecule has 0 bridgehead atoms. The number of hydrogen-bond donors (Lipinski definition) is 0. The van der Waals surface area contributed by atoms with Crippen LogP contribution in [0.15, 0.2) is 11.1 Å². The van der Waals surface area contributed by atoms with E-state index in [1.54, 1.807) is 19.3 Å². The monoisotopic (exact) mass is 132 g/mol. The number of allylic oxidation sites excluding steroid dienone is 2. The highest BCUT2D eigenvalue weighted by Crippen LogP contribution is 2.71. The molecule has 0 aromatic rings. The first kappa shape index (κ1) is 4.58. The van der Waals surface area contributed by atoms with E-state index in [1.807, 2.05) is 11.1 Å². The summed E-state index contributed by atoms with van der Waals surface area (Å²) in [5.74, 6) is 4.56. The predicted molar refractivity (Wildman–Crippen MR) is 39.5 cm³/mol. The minimum absolute atomic E-state index is 1.10. The minimum Gasteiger partial charge on any atom is -0.0661 e. The van der Waals surface area contributed by atoms with E-state index < -0.39 is 0 Å². The summed E-state index contributed by atoms with van der Waals surface area (Å²) in [6.07, 6.45) is 6.22. The lowest BCUT2D eigenvalue weighted by atomic mass is 9.38. The molecule has 52 valence electrons. The highest BCUT2D eigenvalue weighted by molar-refractivity contribution is 5.48. The third-order valence-corrected chi connectivity index (χ3v) is 4.47. The van der Waals surface area contributed by atoms with Crippen LogP contribution >= 0.6 is 0 Å². The molecule has 3 unspecified atom stereocenters. The van der Waals surface area contributed by atoms with Crippen LogP contribution in [0.5, 0.6) is 0 Å². The lowest BCUT2D eigenvalue weighted by Crippen LogP contribution is -2.57. The van der Waals surface area contributed by atoms with Crippen molar-refractivity contribution in [2.75, 3.05) is 0 Å². The van der Waals surface area contributed by atoms with Crippen molar-refractivity contribution in [2.45, 2.75) is 25.7 Å². The summed E-state index contributed by atoms with van der Waals surface area (Å²) in [5, 5.41) is 0. The van der Waals surface area contributed by atoms with Crippen LogP contribution in [0.4, 0.5) is 0 Å². The highest BCUT2D eigenvalue weighted by Gasteiger charge is 2.61. The topological polar surface area (TPSA) is 0 Å². The zero-order chi connectivity index (χ0) is 6.29. The van der Waals surface area contributed by atoms with Crippen LogP contribution in [0.25, 0.3) is 0 Å². The average molecular weight is 132 g/mol. The molecular weight excluding hydrogens is 120 g/mol. The van der Waals surface area contributed by atoms with Gasteiger partial charge in [0.05, 0.1) is 0 Å². The third-order valence-electron chi connectivity index (χ3n) is 4.47. The van der Waals surface area contributed by atoms with Gasteiger partial charge in [0.25, 0.3) is 0 Å². The van der Waals surface area contributed by atoms with Gasteiger partial charge < -0.3 is 0 Å². The first-order valence-electron chi connectivity index (χ1n) is 4.68. The maximum atomic E-state index is 1.97. The smallest absolute Gasteiger partial charge is 0.0103 e. The molecule has 4 aliphatic rings. The first-order chi connectivity index (χ1) is 4.95. The quantitative estimate of drug-likeness (QED) is 0.444. The van der Waals surface area contributed by atoms with Crippen molar-refractivity contribution < 1.29 is 0 Å². The Hall–Kier alpha value is -0.260. The molecule has 2 saturated carbocycles. The molecule has 4 atom stereocenters. The summed E-state index contributed by atoms with van der Waals surface area (Å²) in [4.78, 5) is 0. The van der Waals surface area contributed by atoms with Crippen molar-refractivity contribution in [3.63, 3.8) is 0 Å². The minimum atomic E-state index is 1.10. The number of rotatable bonds is 0. The molecule has 0 N–H and O–H groups in total. The van der Waals surface area contributed by atoms with Crippen LogP contribution in [-0.2, 0) is 0 Å². The van der Waals surface area contributed by atoms with E-state index >= 15 is 0 Å².